The number of fused-ring (bicyclic) bond motifs is 5. The van der Waals surface area contributed by atoms with Gasteiger partial charge in [0.25, 0.3) is 0 Å². The molecule has 8 nitrogen and oxygen atoms in total. The number of anilines is 1. The maximum absolute atomic E-state index is 16.2. The first kappa shape index (κ1) is 25.7. The smallest absolute Gasteiger partial charge is 0.417 e. The lowest BCUT2D eigenvalue weighted by atomic mass is 9.93. The topological polar surface area (TPSA) is 86.6 Å². The predicted octanol–water partition coefficient (Wildman–Crippen LogP) is 4.50. The number of aromatic hydroxyl groups is 1. The van der Waals surface area contributed by atoms with Gasteiger partial charge >= 0.3 is 12.2 Å². The van der Waals surface area contributed by atoms with Crippen LogP contribution in [0, 0.1) is 5.82 Å². The van der Waals surface area contributed by atoms with Gasteiger partial charge in [-0.05, 0) is 69.8 Å². The number of benzene rings is 1. The molecule has 2 unspecified atom stereocenters. The minimum Gasteiger partial charge on any atom is -0.508 e. The van der Waals surface area contributed by atoms with Crippen LogP contribution in [0.1, 0.15) is 44.1 Å². The van der Waals surface area contributed by atoms with Crippen LogP contribution in [0.25, 0.3) is 22.2 Å². The summed E-state index contributed by atoms with van der Waals surface area (Å²) in [6.07, 6.45) is 2.73. The fraction of sp³-hybridized carbons (Fsp3) is 0.536. The third kappa shape index (κ3) is 4.23. The molecule has 5 aliphatic heterocycles. The molecule has 0 spiro atoms. The van der Waals surface area contributed by atoms with Crippen molar-refractivity contribution in [1.29, 1.82) is 0 Å². The number of halogens is 4. The van der Waals surface area contributed by atoms with E-state index in [9.17, 15) is 18.3 Å². The Kier molecular flexibility index (Phi) is 6.04. The lowest BCUT2D eigenvalue weighted by Crippen LogP contribution is -2.61. The average molecular weight is 559 g/mol. The highest BCUT2D eigenvalue weighted by Crippen LogP contribution is 2.42. The van der Waals surface area contributed by atoms with Gasteiger partial charge in [-0.15, -0.1) is 0 Å². The van der Waals surface area contributed by atoms with E-state index in [0.29, 0.717) is 24.4 Å². The van der Waals surface area contributed by atoms with Crippen LogP contribution in [0.4, 0.5) is 23.4 Å². The second kappa shape index (κ2) is 9.41. The van der Waals surface area contributed by atoms with Gasteiger partial charge in [0.2, 0.25) is 0 Å². The van der Waals surface area contributed by atoms with Crippen molar-refractivity contribution in [1.82, 2.24) is 25.2 Å². The summed E-state index contributed by atoms with van der Waals surface area (Å²) in [4.78, 5) is 17.9. The van der Waals surface area contributed by atoms with Gasteiger partial charge in [-0.25, -0.2) is 4.39 Å². The number of nitrogens with one attached hydrogen (secondary N) is 1. The van der Waals surface area contributed by atoms with Crippen LogP contribution in [0.3, 0.4) is 0 Å². The quantitative estimate of drug-likeness (QED) is 0.443. The van der Waals surface area contributed by atoms with Crippen molar-refractivity contribution in [2.45, 2.75) is 62.3 Å². The molecule has 5 aliphatic rings. The summed E-state index contributed by atoms with van der Waals surface area (Å²) < 4.78 is 63.9. The number of aromatic nitrogens is 3. The van der Waals surface area contributed by atoms with E-state index in [2.05, 4.69) is 25.1 Å². The number of piperazine rings is 1. The maximum atomic E-state index is 16.2. The molecule has 3 aromatic rings. The number of piperidine rings is 2. The zero-order valence-electron chi connectivity index (χ0n) is 21.8. The summed E-state index contributed by atoms with van der Waals surface area (Å²) in [5, 5.41) is 13.8. The zero-order valence-corrected chi connectivity index (χ0v) is 21.8. The Labute approximate surface area is 228 Å². The minimum absolute atomic E-state index is 0.00744. The van der Waals surface area contributed by atoms with E-state index >= 15 is 4.39 Å². The maximum Gasteiger partial charge on any atom is 0.417 e. The minimum atomic E-state index is -4.77. The Hall–Kier alpha value is -3.25. The third-order valence-corrected chi connectivity index (χ3v) is 9.11. The van der Waals surface area contributed by atoms with Crippen molar-refractivity contribution in [3.05, 3.63) is 35.8 Å². The number of hydrogen-bond donors (Lipinski definition) is 2. The first-order chi connectivity index (χ1) is 19.2. The molecular formula is C28H30F4N6O2. The summed E-state index contributed by atoms with van der Waals surface area (Å²) in [6, 6.07) is 2.94. The lowest BCUT2D eigenvalue weighted by molar-refractivity contribution is -0.137. The Morgan fingerprint density at radius 2 is 1.93 bits per heavy atom. The van der Waals surface area contributed by atoms with Crippen molar-refractivity contribution in [2.75, 3.05) is 37.7 Å². The number of pyridine rings is 1. The van der Waals surface area contributed by atoms with Gasteiger partial charge in [-0.2, -0.15) is 23.1 Å². The highest BCUT2D eigenvalue weighted by molar-refractivity contribution is 5.92. The molecule has 0 saturated carbocycles. The van der Waals surface area contributed by atoms with E-state index in [-0.39, 0.29) is 29.1 Å². The molecule has 0 aliphatic carbocycles. The molecule has 0 radical (unpaired) electrons. The van der Waals surface area contributed by atoms with Gasteiger partial charge in [0.05, 0.1) is 16.5 Å². The van der Waals surface area contributed by atoms with Crippen LogP contribution >= 0.6 is 0 Å². The van der Waals surface area contributed by atoms with Crippen molar-refractivity contribution in [3.63, 3.8) is 0 Å². The number of nitrogens with zero attached hydrogens (tertiary/aromatic N) is 5. The molecular weight excluding hydrogens is 528 g/mol. The van der Waals surface area contributed by atoms with Crippen molar-refractivity contribution >= 4 is 16.7 Å². The van der Waals surface area contributed by atoms with Gasteiger partial charge in [0.15, 0.2) is 5.82 Å². The molecule has 12 heteroatoms. The van der Waals surface area contributed by atoms with Crippen LogP contribution in [0.5, 0.6) is 11.8 Å². The Morgan fingerprint density at radius 3 is 2.60 bits per heavy atom. The van der Waals surface area contributed by atoms with E-state index in [1.807, 2.05) is 0 Å². The van der Waals surface area contributed by atoms with Crippen LogP contribution in [-0.2, 0) is 6.18 Å². The number of alkyl halides is 3. The van der Waals surface area contributed by atoms with Crippen molar-refractivity contribution in [3.8, 4) is 23.0 Å². The van der Waals surface area contributed by atoms with E-state index in [0.717, 1.165) is 76.4 Å². The molecule has 8 rings (SSSR count). The van der Waals surface area contributed by atoms with Gasteiger partial charge < -0.3 is 20.1 Å². The van der Waals surface area contributed by atoms with Gasteiger partial charge in [0, 0.05) is 36.9 Å². The first-order valence-electron chi connectivity index (χ1n) is 13.9. The van der Waals surface area contributed by atoms with Gasteiger partial charge in [0.1, 0.15) is 29.4 Å². The Morgan fingerprint density at radius 1 is 1.12 bits per heavy atom. The van der Waals surface area contributed by atoms with E-state index < -0.39 is 34.6 Å². The van der Waals surface area contributed by atoms with Crippen LogP contribution in [-0.4, -0.2) is 75.4 Å². The molecule has 5 fully saturated rings. The highest BCUT2D eigenvalue weighted by atomic mass is 19.4. The van der Waals surface area contributed by atoms with Crippen LogP contribution < -0.4 is 15.0 Å². The molecule has 1 aromatic carbocycles. The molecule has 2 aromatic heterocycles. The molecule has 5 saturated heterocycles. The first-order valence-corrected chi connectivity index (χ1v) is 13.9. The van der Waals surface area contributed by atoms with E-state index in [4.69, 9.17) is 9.72 Å². The molecule has 2 bridgehead atoms. The van der Waals surface area contributed by atoms with Gasteiger partial charge in [-0.3, -0.25) is 9.88 Å². The van der Waals surface area contributed by atoms with Crippen LogP contribution in [0.2, 0.25) is 0 Å². The predicted molar refractivity (Wildman–Crippen MR) is 140 cm³/mol. The highest BCUT2D eigenvalue weighted by Gasteiger charge is 2.45. The average Bonchev–Trinajstić information content (AvgIpc) is 3.52. The number of phenols is 1. The summed E-state index contributed by atoms with van der Waals surface area (Å²) in [5.74, 6) is -0.956. The molecule has 2 atom stereocenters. The molecule has 7 heterocycles. The van der Waals surface area contributed by atoms with Crippen molar-refractivity contribution in [2.24, 2.45) is 0 Å². The second-order valence-electron chi connectivity index (χ2n) is 11.4. The molecule has 2 N–H and O–H groups in total. The van der Waals surface area contributed by atoms with Crippen molar-refractivity contribution < 1.29 is 27.4 Å². The summed E-state index contributed by atoms with van der Waals surface area (Å²) in [7, 11) is 0. The normalized spacial score (nSPS) is 24.1. The number of phenolic OH excluding ortho intramolecular Hbond substituents is 1. The van der Waals surface area contributed by atoms with E-state index in [1.165, 1.54) is 6.20 Å². The SMILES string of the molecule is Oc1ccc(C(F)(F)F)c(-c2ncc3c(N4CC5CCC4CN5)nc(OCC45CCCN4CCC5)nc3c2F)c1. The molecule has 0 amide bonds. The third-order valence-electron chi connectivity index (χ3n) is 9.11. The number of hydrogen-bond acceptors (Lipinski definition) is 8. The van der Waals surface area contributed by atoms with E-state index in [1.54, 1.807) is 0 Å². The molecule has 40 heavy (non-hydrogen) atoms. The lowest BCUT2D eigenvalue weighted by Gasteiger charge is -2.46. The second-order valence-corrected chi connectivity index (χ2v) is 11.4. The fourth-order valence-electron chi connectivity index (χ4n) is 7.10. The van der Waals surface area contributed by atoms with Gasteiger partial charge in [-0.1, -0.05) is 0 Å². The number of ether oxygens (including phenoxy) is 1. The monoisotopic (exact) mass is 558 g/mol. The fourth-order valence-corrected chi connectivity index (χ4v) is 7.10. The summed E-state index contributed by atoms with van der Waals surface area (Å²) in [6.45, 7) is 3.84. The summed E-state index contributed by atoms with van der Waals surface area (Å²) in [5.41, 5.74) is -2.42. The molecule has 212 valence electrons. The Bertz CT molecular complexity index is 1450. The standard InChI is InChI=1S/C28H30F4N6O2/c29-22-23(19-11-18(39)5-6-21(19)28(30,31)32)34-13-20-24(22)35-26(40-15-27-7-1-9-37(27)10-2-8-27)36-25(20)38-14-16-3-4-17(38)12-33-16/h5-6,11,13,16-17,33,39H,1-4,7-10,12,14-15H2. The largest absolute Gasteiger partial charge is 0.508 e. The zero-order chi connectivity index (χ0) is 27.6. The Balaban J connectivity index is 1.35. The van der Waals surface area contributed by atoms with Crippen LogP contribution in [0.15, 0.2) is 24.4 Å². The number of rotatable bonds is 5. The summed E-state index contributed by atoms with van der Waals surface area (Å²) >= 11 is 0.